The van der Waals surface area contributed by atoms with Crippen molar-refractivity contribution in [3.05, 3.63) is 170 Å². The van der Waals surface area contributed by atoms with Gasteiger partial charge in [0, 0.05) is 20.2 Å². The van der Waals surface area contributed by atoms with Crippen molar-refractivity contribution in [1.29, 1.82) is 0 Å². The van der Waals surface area contributed by atoms with Crippen LogP contribution in [0.25, 0.3) is 127 Å². The smallest absolute Gasteiger partial charge is 0.0542 e. The first kappa shape index (κ1) is 29.2. The summed E-state index contributed by atoms with van der Waals surface area (Å²) in [5.74, 6) is 0. The normalized spacial score (nSPS) is 12.4. The molecule has 11 aromatic carbocycles. The van der Waals surface area contributed by atoms with Crippen molar-refractivity contribution in [2.45, 2.75) is 0 Å². The second-order valence-electron chi connectivity index (χ2n) is 14.8. The Morgan fingerprint density at radius 2 is 0.685 bits per heavy atom. The highest BCUT2D eigenvalue weighted by Crippen LogP contribution is 2.48. The third-order valence-corrected chi connectivity index (χ3v) is 14.5. The standard InChI is InChI=1S/C52H28S2/c1-2-10-31-25-49-47(24-30(31)9-1)51-52(53-49)48-27-44-32(26-50(48)54-51)11-7-15-36(44)45-28-46-42(34-13-5-6-14-35(34)45)22-21-41-40-19-18-37-33-12-4-3-8-29(33)16-17-38(37)39(40)20-23-43(41)46/h1-28H. The number of fused-ring (bicyclic) bond motifs is 18. The van der Waals surface area contributed by atoms with E-state index in [-0.39, 0.29) is 0 Å². The van der Waals surface area contributed by atoms with Gasteiger partial charge < -0.3 is 0 Å². The minimum absolute atomic E-state index is 1.28. The lowest BCUT2D eigenvalue weighted by atomic mass is 9.87. The second-order valence-corrected chi connectivity index (χ2v) is 16.9. The molecule has 248 valence electrons. The molecule has 13 rings (SSSR count). The van der Waals surface area contributed by atoms with Gasteiger partial charge in [-0.05, 0) is 128 Å². The first-order valence-corrected chi connectivity index (χ1v) is 20.2. The summed E-state index contributed by atoms with van der Waals surface area (Å²) in [7, 11) is 0. The molecule has 2 aromatic heterocycles. The van der Waals surface area contributed by atoms with Crippen molar-refractivity contribution >= 4 is 138 Å². The zero-order valence-electron chi connectivity index (χ0n) is 29.0. The third-order valence-electron chi connectivity index (χ3n) is 12.0. The number of thiophene rings is 2. The van der Waals surface area contributed by atoms with E-state index in [0.717, 1.165) is 0 Å². The fourth-order valence-corrected chi connectivity index (χ4v) is 12.2. The zero-order chi connectivity index (χ0) is 35.1. The summed E-state index contributed by atoms with van der Waals surface area (Å²) in [6, 6.07) is 64.1. The fraction of sp³-hybridized carbons (Fsp3) is 0. The lowest BCUT2D eigenvalue weighted by Gasteiger charge is -2.16. The van der Waals surface area contributed by atoms with Gasteiger partial charge in [-0.2, -0.15) is 0 Å². The van der Waals surface area contributed by atoms with Crippen LogP contribution in [0.3, 0.4) is 0 Å². The highest BCUT2D eigenvalue weighted by Gasteiger charge is 2.18. The van der Waals surface area contributed by atoms with E-state index in [1.807, 2.05) is 22.7 Å². The Bertz CT molecular complexity index is 3780. The topological polar surface area (TPSA) is 0 Å². The molecule has 0 saturated heterocycles. The summed E-state index contributed by atoms with van der Waals surface area (Å²) < 4.78 is 5.53. The van der Waals surface area contributed by atoms with Crippen molar-refractivity contribution in [3.8, 4) is 11.1 Å². The van der Waals surface area contributed by atoms with Gasteiger partial charge in [-0.25, -0.2) is 0 Å². The lowest BCUT2D eigenvalue weighted by Crippen LogP contribution is -1.88. The van der Waals surface area contributed by atoms with Gasteiger partial charge in [-0.15, -0.1) is 22.7 Å². The van der Waals surface area contributed by atoms with Crippen LogP contribution in [0.2, 0.25) is 0 Å². The predicted octanol–water partition coefficient (Wildman–Crippen LogP) is 16.2. The molecule has 0 saturated carbocycles. The molecule has 0 nitrogen and oxygen atoms in total. The van der Waals surface area contributed by atoms with Crippen LogP contribution in [-0.2, 0) is 0 Å². The van der Waals surface area contributed by atoms with Gasteiger partial charge >= 0.3 is 0 Å². The highest BCUT2D eigenvalue weighted by molar-refractivity contribution is 7.36. The molecule has 0 radical (unpaired) electrons. The van der Waals surface area contributed by atoms with Crippen molar-refractivity contribution in [1.82, 2.24) is 0 Å². The molecule has 0 aliphatic rings. The Labute approximate surface area is 317 Å². The zero-order valence-corrected chi connectivity index (χ0v) is 30.6. The first-order valence-electron chi connectivity index (χ1n) is 18.6. The molecule has 0 aliphatic heterocycles. The van der Waals surface area contributed by atoms with E-state index in [1.165, 1.54) is 127 Å². The lowest BCUT2D eigenvalue weighted by molar-refractivity contribution is 1.73. The van der Waals surface area contributed by atoms with Crippen LogP contribution >= 0.6 is 22.7 Å². The Balaban J connectivity index is 1.08. The Kier molecular flexibility index (Phi) is 5.75. The predicted molar refractivity (Wildman–Crippen MR) is 240 cm³/mol. The van der Waals surface area contributed by atoms with Crippen LogP contribution in [0, 0.1) is 0 Å². The molecule has 0 bridgehead atoms. The van der Waals surface area contributed by atoms with Gasteiger partial charge in [0.1, 0.15) is 0 Å². The molecule has 2 heterocycles. The molecule has 0 amide bonds. The fourth-order valence-electron chi connectivity index (χ4n) is 9.48. The molecular formula is C52H28S2. The van der Waals surface area contributed by atoms with Gasteiger partial charge in [-0.3, -0.25) is 0 Å². The summed E-state index contributed by atoms with van der Waals surface area (Å²) in [5, 5.41) is 23.6. The monoisotopic (exact) mass is 716 g/mol. The summed E-state index contributed by atoms with van der Waals surface area (Å²) >= 11 is 3.88. The maximum absolute atomic E-state index is 2.48. The number of hydrogen-bond donors (Lipinski definition) is 0. The van der Waals surface area contributed by atoms with Crippen molar-refractivity contribution in [3.63, 3.8) is 0 Å². The molecule has 0 N–H and O–H groups in total. The van der Waals surface area contributed by atoms with Crippen LogP contribution in [0.5, 0.6) is 0 Å². The van der Waals surface area contributed by atoms with Gasteiger partial charge in [0.25, 0.3) is 0 Å². The van der Waals surface area contributed by atoms with E-state index in [1.54, 1.807) is 0 Å². The quantitative estimate of drug-likeness (QED) is 0.148. The summed E-state index contributed by atoms with van der Waals surface area (Å²) in [4.78, 5) is 0. The molecular weight excluding hydrogens is 689 g/mol. The van der Waals surface area contributed by atoms with E-state index in [4.69, 9.17) is 0 Å². The Morgan fingerprint density at radius 1 is 0.222 bits per heavy atom. The summed E-state index contributed by atoms with van der Waals surface area (Å²) in [6.45, 7) is 0. The average molecular weight is 717 g/mol. The van der Waals surface area contributed by atoms with E-state index < -0.39 is 0 Å². The second kappa shape index (κ2) is 10.6. The molecule has 0 atom stereocenters. The maximum atomic E-state index is 2.48. The SMILES string of the molecule is c1ccc2cc3c(cc2c1)sc1c2cc4c(-c5cc6c(ccc7c6ccc6c8ccc9ccccc9c8ccc67)c6ccccc56)cccc4cc2sc31. The summed E-state index contributed by atoms with van der Waals surface area (Å²) in [5.41, 5.74) is 2.57. The third kappa shape index (κ3) is 3.91. The minimum Gasteiger partial charge on any atom is -0.134 e. The van der Waals surface area contributed by atoms with E-state index in [2.05, 4.69) is 170 Å². The number of rotatable bonds is 1. The first-order chi connectivity index (χ1) is 26.7. The molecule has 0 spiro atoms. The number of hydrogen-bond acceptors (Lipinski definition) is 2. The Hall–Kier alpha value is -6.32. The van der Waals surface area contributed by atoms with E-state index in [0.29, 0.717) is 0 Å². The van der Waals surface area contributed by atoms with Crippen LogP contribution in [-0.4, -0.2) is 0 Å². The number of benzene rings is 11. The molecule has 0 unspecified atom stereocenters. The Morgan fingerprint density at radius 3 is 1.37 bits per heavy atom. The minimum atomic E-state index is 1.28. The van der Waals surface area contributed by atoms with Gasteiger partial charge in [0.15, 0.2) is 0 Å². The van der Waals surface area contributed by atoms with Crippen LogP contribution < -0.4 is 0 Å². The summed E-state index contributed by atoms with van der Waals surface area (Å²) in [6.07, 6.45) is 0. The maximum Gasteiger partial charge on any atom is 0.0542 e. The van der Waals surface area contributed by atoms with Crippen molar-refractivity contribution in [2.75, 3.05) is 0 Å². The van der Waals surface area contributed by atoms with Crippen molar-refractivity contribution < 1.29 is 0 Å². The molecule has 0 fully saturated rings. The van der Waals surface area contributed by atoms with Gasteiger partial charge in [0.2, 0.25) is 0 Å². The largest absolute Gasteiger partial charge is 0.134 e. The van der Waals surface area contributed by atoms with Gasteiger partial charge in [0.05, 0.1) is 9.40 Å². The van der Waals surface area contributed by atoms with Crippen LogP contribution in [0.4, 0.5) is 0 Å². The molecule has 54 heavy (non-hydrogen) atoms. The van der Waals surface area contributed by atoms with E-state index in [9.17, 15) is 0 Å². The average Bonchev–Trinajstić information content (AvgIpc) is 3.75. The molecule has 0 aliphatic carbocycles. The van der Waals surface area contributed by atoms with Crippen LogP contribution in [0.1, 0.15) is 0 Å². The molecule has 2 heteroatoms. The van der Waals surface area contributed by atoms with E-state index >= 15 is 0 Å². The van der Waals surface area contributed by atoms with Crippen molar-refractivity contribution in [2.24, 2.45) is 0 Å². The van der Waals surface area contributed by atoms with Gasteiger partial charge in [-0.1, -0.05) is 140 Å². The molecule has 13 aromatic rings. The van der Waals surface area contributed by atoms with Crippen LogP contribution in [0.15, 0.2) is 170 Å². The highest BCUT2D eigenvalue weighted by atomic mass is 32.1.